The average molecular weight is 483 g/mol. The Morgan fingerprint density at radius 1 is 1.27 bits per heavy atom. The molecule has 0 bridgehead atoms. The molecule has 3 rings (SSSR count). The number of fused-ring (bicyclic) bond motifs is 1. The highest BCUT2D eigenvalue weighted by atomic mass is 32.1. The zero-order valence-corrected chi connectivity index (χ0v) is 19.6. The van der Waals surface area contributed by atoms with Crippen molar-refractivity contribution in [2.45, 2.75) is 64.2 Å². The Kier molecular flexibility index (Phi) is 7.83. The molecule has 0 radical (unpaired) electrons. The van der Waals surface area contributed by atoms with Gasteiger partial charge in [0, 0.05) is 19.0 Å². The van der Waals surface area contributed by atoms with Crippen LogP contribution in [0.15, 0.2) is 30.3 Å². The van der Waals surface area contributed by atoms with Crippen molar-refractivity contribution in [2.24, 2.45) is 0 Å². The molecule has 7 nitrogen and oxygen atoms in total. The fourth-order valence-electron chi connectivity index (χ4n) is 3.62. The predicted octanol–water partition coefficient (Wildman–Crippen LogP) is 4.58. The standard InChI is InChI=1S/C22H29F3N6OS/c1-4-5-10-26-21(33)29-28-20(32)17-12-19-27-16(11-18(22(23,24)25)31(19)30-17)15-8-6-14(7-9-15)13(2)3/h6-9,12-13,16,18,27H,4-5,10-11H2,1-3H3,(H,28,32)(H2,26,29,33)/t16-,18-/m0/s1. The van der Waals surface area contributed by atoms with E-state index in [0.29, 0.717) is 12.5 Å². The Balaban J connectivity index is 1.76. The molecule has 1 amide bonds. The normalized spacial score (nSPS) is 17.8. The smallest absolute Gasteiger partial charge is 0.363 e. The van der Waals surface area contributed by atoms with Gasteiger partial charge in [-0.2, -0.15) is 18.3 Å². The van der Waals surface area contributed by atoms with Gasteiger partial charge in [0.2, 0.25) is 0 Å². The van der Waals surface area contributed by atoms with Gasteiger partial charge in [-0.1, -0.05) is 51.5 Å². The van der Waals surface area contributed by atoms with E-state index in [0.717, 1.165) is 28.7 Å². The molecule has 1 aliphatic rings. The number of hydrogen-bond acceptors (Lipinski definition) is 4. The molecule has 1 aliphatic heterocycles. The molecule has 0 fully saturated rings. The van der Waals surface area contributed by atoms with Gasteiger partial charge in [0.25, 0.3) is 5.91 Å². The largest absolute Gasteiger partial charge is 0.410 e. The lowest BCUT2D eigenvalue weighted by Crippen LogP contribution is -2.47. The second kappa shape index (κ2) is 10.4. The first-order valence-corrected chi connectivity index (χ1v) is 11.4. The summed E-state index contributed by atoms with van der Waals surface area (Å²) in [5.74, 6) is -0.223. The minimum atomic E-state index is -4.52. The molecular formula is C22H29F3N6OS. The molecular weight excluding hydrogens is 453 g/mol. The zero-order valence-electron chi connectivity index (χ0n) is 18.8. The fourth-order valence-corrected chi connectivity index (χ4v) is 3.77. The monoisotopic (exact) mass is 482 g/mol. The van der Waals surface area contributed by atoms with Crippen LogP contribution in [0.3, 0.4) is 0 Å². The summed E-state index contributed by atoms with van der Waals surface area (Å²) in [5, 5.41) is 10.2. The predicted molar refractivity (Wildman–Crippen MR) is 125 cm³/mol. The van der Waals surface area contributed by atoms with Crippen LogP contribution < -0.4 is 21.5 Å². The minimum Gasteiger partial charge on any atom is -0.363 e. The van der Waals surface area contributed by atoms with E-state index in [1.807, 2.05) is 31.2 Å². The van der Waals surface area contributed by atoms with Crippen LogP contribution in [0, 0.1) is 0 Å². The van der Waals surface area contributed by atoms with Gasteiger partial charge in [0.15, 0.2) is 16.8 Å². The number of unbranched alkanes of at least 4 members (excludes halogenated alkanes) is 1. The number of hydrazine groups is 1. The number of rotatable bonds is 6. The highest BCUT2D eigenvalue weighted by Gasteiger charge is 2.46. The van der Waals surface area contributed by atoms with Gasteiger partial charge in [0.05, 0.1) is 6.04 Å². The summed E-state index contributed by atoms with van der Waals surface area (Å²) in [6, 6.07) is 6.45. The van der Waals surface area contributed by atoms with Crippen molar-refractivity contribution in [3.8, 4) is 0 Å². The molecule has 11 heteroatoms. The Bertz CT molecular complexity index is 974. The zero-order chi connectivity index (χ0) is 24.2. The van der Waals surface area contributed by atoms with Crippen molar-refractivity contribution in [3.63, 3.8) is 0 Å². The van der Waals surface area contributed by atoms with Crippen molar-refractivity contribution in [2.75, 3.05) is 11.9 Å². The lowest BCUT2D eigenvalue weighted by atomic mass is 9.94. The number of nitrogens with zero attached hydrogens (tertiary/aromatic N) is 2. The van der Waals surface area contributed by atoms with Gasteiger partial charge in [0.1, 0.15) is 5.82 Å². The maximum absolute atomic E-state index is 13.9. The summed E-state index contributed by atoms with van der Waals surface area (Å²) in [7, 11) is 0. The quantitative estimate of drug-likeness (QED) is 0.274. The first kappa shape index (κ1) is 24.8. The minimum absolute atomic E-state index is 0.135. The SMILES string of the molecule is CCCCNC(=S)NNC(=O)c1cc2n(n1)[C@H](C(F)(F)F)C[C@@H](c1ccc(C(C)C)cc1)N2. The molecule has 33 heavy (non-hydrogen) atoms. The number of carbonyl (C=O) groups is 1. The van der Waals surface area contributed by atoms with Crippen molar-refractivity contribution < 1.29 is 18.0 Å². The molecule has 0 saturated heterocycles. The van der Waals surface area contributed by atoms with Crippen molar-refractivity contribution in [1.29, 1.82) is 0 Å². The topological polar surface area (TPSA) is 83.0 Å². The lowest BCUT2D eigenvalue weighted by molar-refractivity contribution is -0.173. The van der Waals surface area contributed by atoms with E-state index in [1.165, 1.54) is 6.07 Å². The number of thiocarbonyl (C=S) groups is 1. The highest BCUT2D eigenvalue weighted by molar-refractivity contribution is 7.80. The van der Waals surface area contributed by atoms with Gasteiger partial charge in [-0.25, -0.2) is 4.68 Å². The average Bonchev–Trinajstić information content (AvgIpc) is 3.20. The molecule has 4 N–H and O–H groups in total. The lowest BCUT2D eigenvalue weighted by Gasteiger charge is -2.33. The summed E-state index contributed by atoms with van der Waals surface area (Å²) in [6.45, 7) is 6.80. The number of aromatic nitrogens is 2. The van der Waals surface area contributed by atoms with E-state index >= 15 is 0 Å². The number of amides is 1. The fraction of sp³-hybridized carbons (Fsp3) is 0.500. The summed E-state index contributed by atoms with van der Waals surface area (Å²) in [6.07, 6.45) is -2.85. The van der Waals surface area contributed by atoms with E-state index in [9.17, 15) is 18.0 Å². The van der Waals surface area contributed by atoms with Crippen molar-refractivity contribution in [1.82, 2.24) is 25.9 Å². The first-order valence-electron chi connectivity index (χ1n) is 11.0. The van der Waals surface area contributed by atoms with E-state index in [4.69, 9.17) is 12.2 Å². The Hall–Kier alpha value is -2.82. The maximum atomic E-state index is 13.9. The Morgan fingerprint density at radius 2 is 1.97 bits per heavy atom. The molecule has 1 aromatic carbocycles. The van der Waals surface area contributed by atoms with Crippen molar-refractivity contribution >= 4 is 29.1 Å². The summed E-state index contributed by atoms with van der Waals surface area (Å²) in [5.41, 5.74) is 6.62. The molecule has 2 heterocycles. The second-order valence-corrected chi connectivity index (χ2v) is 8.77. The van der Waals surface area contributed by atoms with Crippen LogP contribution in [0.5, 0.6) is 0 Å². The number of anilines is 1. The van der Waals surface area contributed by atoms with Gasteiger partial charge in [-0.15, -0.1) is 0 Å². The maximum Gasteiger partial charge on any atom is 0.410 e. The van der Waals surface area contributed by atoms with Crippen LogP contribution in [-0.2, 0) is 0 Å². The van der Waals surface area contributed by atoms with E-state index < -0.39 is 24.2 Å². The third-order valence-electron chi connectivity index (χ3n) is 5.53. The molecule has 1 aromatic heterocycles. The number of benzene rings is 1. The summed E-state index contributed by atoms with van der Waals surface area (Å²) < 4.78 is 42.4. The number of hydrogen-bond donors (Lipinski definition) is 4. The molecule has 2 atom stereocenters. The van der Waals surface area contributed by atoms with Gasteiger partial charge in [-0.3, -0.25) is 15.6 Å². The number of carbonyl (C=O) groups excluding carboxylic acids is 1. The van der Waals surface area contributed by atoms with E-state index in [1.54, 1.807) is 0 Å². The number of nitrogens with one attached hydrogen (secondary N) is 4. The molecule has 0 aliphatic carbocycles. The van der Waals surface area contributed by atoms with Crippen LogP contribution in [0.4, 0.5) is 19.0 Å². The van der Waals surface area contributed by atoms with Crippen LogP contribution in [0.2, 0.25) is 0 Å². The van der Waals surface area contributed by atoms with Gasteiger partial charge < -0.3 is 10.6 Å². The third-order valence-corrected chi connectivity index (χ3v) is 5.78. The summed E-state index contributed by atoms with van der Waals surface area (Å²) >= 11 is 5.06. The summed E-state index contributed by atoms with van der Waals surface area (Å²) in [4.78, 5) is 12.5. The van der Waals surface area contributed by atoms with Crippen LogP contribution in [0.1, 0.15) is 79.7 Å². The highest BCUT2D eigenvalue weighted by Crippen LogP contribution is 2.43. The Morgan fingerprint density at radius 3 is 2.58 bits per heavy atom. The van der Waals surface area contributed by atoms with Gasteiger partial charge >= 0.3 is 6.18 Å². The Labute approximate surface area is 196 Å². The van der Waals surface area contributed by atoms with E-state index in [-0.39, 0.29) is 23.0 Å². The molecule has 0 saturated carbocycles. The van der Waals surface area contributed by atoms with Crippen molar-refractivity contribution in [3.05, 3.63) is 47.2 Å². The third kappa shape index (κ3) is 6.16. The molecule has 180 valence electrons. The molecule has 0 unspecified atom stereocenters. The number of alkyl halides is 3. The first-order chi connectivity index (χ1) is 15.6. The van der Waals surface area contributed by atoms with Crippen LogP contribution >= 0.6 is 12.2 Å². The van der Waals surface area contributed by atoms with Crippen LogP contribution in [0.25, 0.3) is 0 Å². The van der Waals surface area contributed by atoms with Crippen LogP contribution in [-0.4, -0.2) is 33.5 Å². The number of halogens is 3. The second-order valence-electron chi connectivity index (χ2n) is 8.36. The van der Waals surface area contributed by atoms with E-state index in [2.05, 4.69) is 40.4 Å². The molecule has 0 spiro atoms. The van der Waals surface area contributed by atoms with Gasteiger partial charge in [-0.05, 0) is 35.7 Å². The molecule has 2 aromatic rings.